The molecule has 1 aliphatic rings. The van der Waals surface area contributed by atoms with Gasteiger partial charge in [-0.2, -0.15) is 4.31 Å². The number of nitrogens with one attached hydrogen (secondary N) is 1. The van der Waals surface area contributed by atoms with Gasteiger partial charge in [0, 0.05) is 36.1 Å². The summed E-state index contributed by atoms with van der Waals surface area (Å²) in [5.74, 6) is 1.11. The molecule has 0 amide bonds. The Morgan fingerprint density at radius 3 is 2.57 bits per heavy atom. The molecule has 1 aliphatic heterocycles. The van der Waals surface area contributed by atoms with Gasteiger partial charge in [-0.1, -0.05) is 19.9 Å². The molecule has 0 spiro atoms. The van der Waals surface area contributed by atoms with Crippen LogP contribution in [0.1, 0.15) is 43.5 Å². The number of nitrogens with zero attached hydrogens (tertiary/aromatic N) is 1. The Morgan fingerprint density at radius 1 is 1.14 bits per heavy atom. The van der Waals surface area contributed by atoms with E-state index >= 15 is 0 Å². The summed E-state index contributed by atoms with van der Waals surface area (Å²) < 4.78 is 33.4. The smallest absolute Gasteiger partial charge is 0.243 e. The number of hydrogen-bond donors (Lipinski definition) is 1. The summed E-state index contributed by atoms with van der Waals surface area (Å²) in [6.45, 7) is 7.67. The average Bonchev–Trinajstić information content (AvgIpc) is 3.05. The minimum Gasteiger partial charge on any atom is -0.494 e. The van der Waals surface area contributed by atoms with Crippen molar-refractivity contribution in [1.29, 1.82) is 0 Å². The molecule has 0 fully saturated rings. The maximum atomic E-state index is 13.2. The van der Waals surface area contributed by atoms with Crippen molar-refractivity contribution in [3.8, 4) is 5.75 Å². The molecule has 0 saturated heterocycles. The zero-order valence-electron chi connectivity index (χ0n) is 16.5. The van der Waals surface area contributed by atoms with E-state index in [1.54, 1.807) is 28.6 Å². The van der Waals surface area contributed by atoms with Gasteiger partial charge in [0.05, 0.1) is 11.5 Å². The van der Waals surface area contributed by atoms with Gasteiger partial charge in [-0.05, 0) is 60.4 Å². The minimum atomic E-state index is -3.55. The van der Waals surface area contributed by atoms with Gasteiger partial charge < -0.3 is 9.72 Å². The number of ether oxygens (including phenoxy) is 1. The number of aromatic nitrogens is 1. The molecule has 2 aromatic carbocycles. The van der Waals surface area contributed by atoms with Gasteiger partial charge in [-0.15, -0.1) is 0 Å². The molecular weight excluding hydrogens is 372 g/mol. The van der Waals surface area contributed by atoms with Crippen LogP contribution in [0.2, 0.25) is 0 Å². The molecule has 0 radical (unpaired) electrons. The molecule has 3 aromatic rings. The Bertz CT molecular complexity index is 1100. The SMILES string of the molecule is CCOc1ccc(S(=O)(=O)N2CCc3[nH]c4ccc(C(C)C)cc4c3C2)cc1. The summed E-state index contributed by atoms with van der Waals surface area (Å²) in [6.07, 6.45) is 0.692. The Hall–Kier alpha value is -2.31. The normalized spacial score (nSPS) is 15.1. The van der Waals surface area contributed by atoms with Crippen LogP contribution in [-0.2, 0) is 23.0 Å². The van der Waals surface area contributed by atoms with Crippen LogP contribution >= 0.6 is 0 Å². The summed E-state index contributed by atoms with van der Waals surface area (Å²) in [5, 5.41) is 1.13. The third kappa shape index (κ3) is 3.31. The molecule has 5 nitrogen and oxygen atoms in total. The fourth-order valence-electron chi connectivity index (χ4n) is 3.79. The van der Waals surface area contributed by atoms with Crippen molar-refractivity contribution in [3.63, 3.8) is 0 Å². The number of fused-ring (bicyclic) bond motifs is 3. The highest BCUT2D eigenvalue weighted by atomic mass is 32.2. The number of benzene rings is 2. The predicted molar refractivity (Wildman–Crippen MR) is 111 cm³/mol. The van der Waals surface area contributed by atoms with Crippen molar-refractivity contribution >= 4 is 20.9 Å². The van der Waals surface area contributed by atoms with Crippen LogP contribution in [0.3, 0.4) is 0 Å². The van der Waals surface area contributed by atoms with Gasteiger partial charge in [0.25, 0.3) is 0 Å². The van der Waals surface area contributed by atoms with Crippen molar-refractivity contribution in [2.45, 2.75) is 44.6 Å². The molecule has 4 rings (SSSR count). The lowest BCUT2D eigenvalue weighted by Crippen LogP contribution is -2.35. The molecule has 0 saturated carbocycles. The molecule has 28 heavy (non-hydrogen) atoms. The fourth-order valence-corrected chi connectivity index (χ4v) is 5.20. The number of aromatic amines is 1. The highest BCUT2D eigenvalue weighted by Crippen LogP contribution is 2.32. The largest absolute Gasteiger partial charge is 0.494 e. The molecule has 1 N–H and O–H groups in total. The van der Waals surface area contributed by atoms with Crippen molar-refractivity contribution in [2.24, 2.45) is 0 Å². The standard InChI is InChI=1S/C22H26N2O3S/c1-4-27-17-6-8-18(9-7-17)28(25,26)24-12-11-22-20(14-24)19-13-16(15(2)3)5-10-21(19)23-22/h5-10,13,15,23H,4,11-12,14H2,1-3H3. The summed E-state index contributed by atoms with van der Waals surface area (Å²) in [6, 6.07) is 13.1. The molecule has 0 atom stereocenters. The van der Waals surface area contributed by atoms with Gasteiger partial charge in [-0.25, -0.2) is 8.42 Å². The highest BCUT2D eigenvalue weighted by molar-refractivity contribution is 7.89. The van der Waals surface area contributed by atoms with E-state index in [4.69, 9.17) is 4.74 Å². The first-order chi connectivity index (χ1) is 13.4. The third-order valence-corrected chi connectivity index (χ3v) is 7.26. The Labute approximate surface area is 166 Å². The van der Waals surface area contributed by atoms with Crippen molar-refractivity contribution in [1.82, 2.24) is 9.29 Å². The molecule has 148 valence electrons. The number of sulfonamides is 1. The van der Waals surface area contributed by atoms with Crippen molar-refractivity contribution in [3.05, 3.63) is 59.3 Å². The second-order valence-electron chi connectivity index (χ2n) is 7.53. The van der Waals surface area contributed by atoms with E-state index in [2.05, 4.69) is 37.0 Å². The lowest BCUT2D eigenvalue weighted by atomic mass is 9.99. The molecule has 0 aliphatic carbocycles. The quantitative estimate of drug-likeness (QED) is 0.691. The van der Waals surface area contributed by atoms with Crippen LogP contribution in [0.15, 0.2) is 47.4 Å². The summed E-state index contributed by atoms with van der Waals surface area (Å²) in [4.78, 5) is 3.78. The first kappa shape index (κ1) is 19.0. The highest BCUT2D eigenvalue weighted by Gasteiger charge is 2.30. The van der Waals surface area contributed by atoms with Gasteiger partial charge in [0.1, 0.15) is 5.75 Å². The van der Waals surface area contributed by atoms with Crippen LogP contribution in [0.25, 0.3) is 10.9 Å². The molecule has 2 heterocycles. The molecule has 0 bridgehead atoms. The molecule has 6 heteroatoms. The van der Waals surface area contributed by atoms with Gasteiger partial charge in [-0.3, -0.25) is 0 Å². The molecule has 1 aromatic heterocycles. The topological polar surface area (TPSA) is 62.4 Å². The predicted octanol–water partition coefficient (Wildman–Crippen LogP) is 4.44. The summed E-state index contributed by atoms with van der Waals surface area (Å²) in [5.41, 5.74) is 4.59. The number of hydrogen-bond acceptors (Lipinski definition) is 3. The maximum Gasteiger partial charge on any atom is 0.243 e. The van der Waals surface area contributed by atoms with Crippen LogP contribution < -0.4 is 4.74 Å². The lowest BCUT2D eigenvalue weighted by Gasteiger charge is -2.26. The lowest BCUT2D eigenvalue weighted by molar-refractivity contribution is 0.340. The van der Waals surface area contributed by atoms with Gasteiger partial charge in [0.2, 0.25) is 10.0 Å². The van der Waals surface area contributed by atoms with E-state index in [1.165, 1.54) is 5.56 Å². The summed E-state index contributed by atoms with van der Waals surface area (Å²) in [7, 11) is -3.55. The van der Waals surface area contributed by atoms with Crippen molar-refractivity contribution < 1.29 is 13.2 Å². The zero-order valence-corrected chi connectivity index (χ0v) is 17.3. The third-order valence-electron chi connectivity index (χ3n) is 5.40. The van der Waals surface area contributed by atoms with Gasteiger partial charge in [0.15, 0.2) is 0 Å². The first-order valence-corrected chi connectivity index (χ1v) is 11.2. The average molecular weight is 399 g/mol. The van der Waals surface area contributed by atoms with Crippen LogP contribution in [0, 0.1) is 0 Å². The Kier molecular flexibility index (Phi) is 4.93. The van der Waals surface area contributed by atoms with Crippen molar-refractivity contribution in [2.75, 3.05) is 13.2 Å². The fraction of sp³-hybridized carbons (Fsp3) is 0.364. The molecular formula is C22H26N2O3S. The first-order valence-electron chi connectivity index (χ1n) is 9.76. The van der Waals surface area contributed by atoms with Crippen LogP contribution in [0.4, 0.5) is 0 Å². The Morgan fingerprint density at radius 2 is 1.89 bits per heavy atom. The maximum absolute atomic E-state index is 13.2. The van der Waals surface area contributed by atoms with E-state index < -0.39 is 10.0 Å². The van der Waals surface area contributed by atoms with Crippen LogP contribution in [-0.4, -0.2) is 30.9 Å². The van der Waals surface area contributed by atoms with E-state index in [9.17, 15) is 8.42 Å². The van der Waals surface area contributed by atoms with E-state index in [1.807, 2.05) is 6.92 Å². The zero-order chi connectivity index (χ0) is 19.9. The number of H-pyrrole nitrogens is 1. The minimum absolute atomic E-state index is 0.308. The Balaban J connectivity index is 1.67. The van der Waals surface area contributed by atoms with E-state index in [0.29, 0.717) is 42.7 Å². The van der Waals surface area contributed by atoms with E-state index in [0.717, 1.165) is 22.2 Å². The van der Waals surface area contributed by atoms with E-state index in [-0.39, 0.29) is 0 Å². The van der Waals surface area contributed by atoms with Gasteiger partial charge >= 0.3 is 0 Å². The second kappa shape index (κ2) is 7.26. The monoisotopic (exact) mass is 398 g/mol. The molecule has 0 unspecified atom stereocenters. The number of rotatable bonds is 5. The summed E-state index contributed by atoms with van der Waals surface area (Å²) >= 11 is 0. The second-order valence-corrected chi connectivity index (χ2v) is 9.47. The van der Waals surface area contributed by atoms with Crippen LogP contribution in [0.5, 0.6) is 5.75 Å².